The first kappa shape index (κ1) is 27.5. The summed E-state index contributed by atoms with van der Waals surface area (Å²) >= 11 is 1.47. The number of hydrogen-bond acceptors (Lipinski definition) is 6. The number of likely N-dealkylation sites (tertiary alicyclic amines) is 1. The molecule has 0 spiro atoms. The van der Waals surface area contributed by atoms with Gasteiger partial charge in [0.25, 0.3) is 11.5 Å². The monoisotopic (exact) mass is 567 g/mol. The molecule has 0 unspecified atom stereocenters. The second-order valence-corrected chi connectivity index (χ2v) is 12.5. The average molecular weight is 568 g/mol. The number of aryl methyl sites for hydroxylation is 1. The van der Waals surface area contributed by atoms with E-state index in [2.05, 4.69) is 24.8 Å². The molecular formula is C30H38FN5O3S. The maximum atomic E-state index is 14.3. The highest BCUT2D eigenvalue weighted by atomic mass is 32.2. The number of halogens is 1. The molecule has 3 aromatic heterocycles. The van der Waals surface area contributed by atoms with Crippen LogP contribution in [0.4, 0.5) is 4.39 Å². The third kappa shape index (κ3) is 5.58. The third-order valence-electron chi connectivity index (χ3n) is 8.79. The summed E-state index contributed by atoms with van der Waals surface area (Å²) in [4.78, 5) is 36.7. The fourth-order valence-corrected chi connectivity index (χ4v) is 7.11. The molecular weight excluding hydrogens is 529 g/mol. The molecule has 0 atom stereocenters. The summed E-state index contributed by atoms with van der Waals surface area (Å²) in [5.74, 6) is -0.328. The van der Waals surface area contributed by atoms with Crippen molar-refractivity contribution < 1.29 is 13.9 Å². The largest absolute Gasteiger partial charge is 0.372 e. The molecule has 10 heteroatoms. The van der Waals surface area contributed by atoms with E-state index in [1.807, 2.05) is 26.2 Å². The van der Waals surface area contributed by atoms with Crippen molar-refractivity contribution in [3.05, 3.63) is 57.0 Å². The number of pyridine rings is 2. The number of ether oxygens (including phenoxy) is 1. The molecule has 4 heterocycles. The molecule has 1 amide bonds. The van der Waals surface area contributed by atoms with E-state index in [-0.39, 0.29) is 18.0 Å². The van der Waals surface area contributed by atoms with Gasteiger partial charge in [0.1, 0.15) is 11.5 Å². The molecule has 2 N–H and O–H groups in total. The maximum Gasteiger partial charge on any atom is 0.254 e. The summed E-state index contributed by atoms with van der Waals surface area (Å²) in [6, 6.07) is 3.93. The van der Waals surface area contributed by atoms with E-state index in [9.17, 15) is 14.0 Å². The van der Waals surface area contributed by atoms with Crippen LogP contribution >= 0.6 is 11.8 Å². The normalized spacial score (nSPS) is 22.0. The van der Waals surface area contributed by atoms with Crippen molar-refractivity contribution in [1.82, 2.24) is 24.8 Å². The van der Waals surface area contributed by atoms with Gasteiger partial charge in [-0.1, -0.05) is 0 Å². The van der Waals surface area contributed by atoms with E-state index in [1.54, 1.807) is 0 Å². The van der Waals surface area contributed by atoms with E-state index < -0.39 is 5.82 Å². The SMILES string of the molecule is CSc1cc(C)[nH]c(=O)c1CNC(=O)c1c(C)n(CC2CCC(N3CC(OC4CC4)C3)CC2)c2ncc(F)cc12. The molecule has 3 aromatic rings. The lowest BCUT2D eigenvalue weighted by Gasteiger charge is -2.46. The summed E-state index contributed by atoms with van der Waals surface area (Å²) in [6.07, 6.45) is 11.1. The van der Waals surface area contributed by atoms with Crippen molar-refractivity contribution in [1.29, 1.82) is 0 Å². The Kier molecular flexibility index (Phi) is 7.76. The average Bonchev–Trinajstić information content (AvgIpc) is 3.69. The Morgan fingerprint density at radius 2 is 1.90 bits per heavy atom. The van der Waals surface area contributed by atoms with Gasteiger partial charge in [-0.25, -0.2) is 9.37 Å². The number of nitrogens with one attached hydrogen (secondary N) is 2. The highest BCUT2D eigenvalue weighted by molar-refractivity contribution is 7.98. The van der Waals surface area contributed by atoms with Crippen LogP contribution in [-0.2, 0) is 17.8 Å². The fraction of sp³-hybridized carbons (Fsp3) is 0.567. The predicted molar refractivity (Wildman–Crippen MR) is 154 cm³/mol. The van der Waals surface area contributed by atoms with Crippen LogP contribution in [0.25, 0.3) is 11.0 Å². The highest BCUT2D eigenvalue weighted by Gasteiger charge is 2.38. The van der Waals surface area contributed by atoms with E-state index in [1.165, 1.54) is 36.9 Å². The van der Waals surface area contributed by atoms with E-state index in [0.717, 1.165) is 61.6 Å². The number of aromatic nitrogens is 3. The molecule has 1 aliphatic heterocycles. The van der Waals surface area contributed by atoms with Crippen molar-refractivity contribution >= 4 is 28.7 Å². The van der Waals surface area contributed by atoms with Gasteiger partial charge in [0, 0.05) is 59.5 Å². The molecule has 214 valence electrons. The zero-order valence-electron chi connectivity index (χ0n) is 23.5. The lowest BCUT2D eigenvalue weighted by atomic mass is 9.84. The minimum Gasteiger partial charge on any atom is -0.372 e. The Labute approximate surface area is 238 Å². The minimum atomic E-state index is -0.475. The molecule has 3 fully saturated rings. The summed E-state index contributed by atoms with van der Waals surface area (Å²) in [5, 5.41) is 3.43. The first-order chi connectivity index (χ1) is 19.3. The van der Waals surface area contributed by atoms with Crippen molar-refractivity contribution in [3.63, 3.8) is 0 Å². The first-order valence-corrected chi connectivity index (χ1v) is 15.6. The van der Waals surface area contributed by atoms with Gasteiger partial charge in [-0.3, -0.25) is 14.5 Å². The zero-order chi connectivity index (χ0) is 28.0. The highest BCUT2D eigenvalue weighted by Crippen LogP contribution is 2.35. The number of nitrogens with zero attached hydrogens (tertiary/aromatic N) is 3. The third-order valence-corrected chi connectivity index (χ3v) is 9.59. The number of amides is 1. The molecule has 1 saturated heterocycles. The van der Waals surface area contributed by atoms with Gasteiger partial charge in [-0.05, 0) is 76.7 Å². The predicted octanol–water partition coefficient (Wildman–Crippen LogP) is 4.55. The van der Waals surface area contributed by atoms with Crippen molar-refractivity contribution in [3.8, 4) is 0 Å². The van der Waals surface area contributed by atoms with Crippen LogP contribution in [0.15, 0.2) is 28.0 Å². The zero-order valence-corrected chi connectivity index (χ0v) is 24.3. The molecule has 0 bridgehead atoms. The van der Waals surface area contributed by atoms with Crippen LogP contribution < -0.4 is 10.9 Å². The van der Waals surface area contributed by atoms with Gasteiger partial charge < -0.3 is 19.6 Å². The number of fused-ring (bicyclic) bond motifs is 1. The molecule has 40 heavy (non-hydrogen) atoms. The molecule has 0 radical (unpaired) electrons. The second-order valence-electron chi connectivity index (χ2n) is 11.7. The lowest BCUT2D eigenvalue weighted by Crippen LogP contribution is -2.57. The van der Waals surface area contributed by atoms with Crippen molar-refractivity contribution in [2.24, 2.45) is 5.92 Å². The van der Waals surface area contributed by atoms with Crippen LogP contribution in [0.1, 0.15) is 65.8 Å². The van der Waals surface area contributed by atoms with E-state index in [4.69, 9.17) is 4.74 Å². The van der Waals surface area contributed by atoms with Crippen LogP contribution in [0.5, 0.6) is 0 Å². The quantitative estimate of drug-likeness (QED) is 0.369. The number of H-pyrrole nitrogens is 1. The topological polar surface area (TPSA) is 92.2 Å². The summed E-state index contributed by atoms with van der Waals surface area (Å²) in [7, 11) is 0. The van der Waals surface area contributed by atoms with Crippen LogP contribution in [0, 0.1) is 25.6 Å². The van der Waals surface area contributed by atoms with Gasteiger partial charge in [-0.15, -0.1) is 11.8 Å². The Morgan fingerprint density at radius 1 is 1.15 bits per heavy atom. The molecule has 0 aromatic carbocycles. The Balaban J connectivity index is 1.15. The number of rotatable bonds is 9. The van der Waals surface area contributed by atoms with Gasteiger partial charge in [-0.2, -0.15) is 0 Å². The summed E-state index contributed by atoms with van der Waals surface area (Å²) in [6.45, 7) is 6.71. The molecule has 6 rings (SSSR count). The molecule has 2 saturated carbocycles. The fourth-order valence-electron chi connectivity index (χ4n) is 6.40. The number of carbonyl (C=O) groups is 1. The standard InChI is InChI=1S/C30H38FN5O3S/c1-17-10-26(40-3)25(29(37)34-17)13-33-30(38)27-18(2)36(28-24(27)11-20(31)12-32-28)14-19-4-6-21(7-5-19)35-15-23(16-35)39-22-8-9-22/h10-12,19,21-23H,4-9,13-16H2,1-3H3,(H,33,38)(H,34,37). The van der Waals surface area contributed by atoms with Crippen LogP contribution in [-0.4, -0.2) is 62.9 Å². The van der Waals surface area contributed by atoms with Gasteiger partial charge in [0.05, 0.1) is 24.0 Å². The molecule has 8 nitrogen and oxygen atoms in total. The maximum absolute atomic E-state index is 14.3. The van der Waals surface area contributed by atoms with Gasteiger partial charge in [0.2, 0.25) is 0 Å². The minimum absolute atomic E-state index is 0.0898. The Hall–Kier alpha value is -2.69. The number of thioether (sulfide) groups is 1. The lowest BCUT2D eigenvalue weighted by molar-refractivity contribution is -0.0859. The summed E-state index contributed by atoms with van der Waals surface area (Å²) < 4.78 is 22.4. The molecule has 3 aliphatic rings. The van der Waals surface area contributed by atoms with Crippen LogP contribution in [0.3, 0.4) is 0 Å². The number of aromatic amines is 1. The Bertz CT molecular complexity index is 1470. The first-order valence-electron chi connectivity index (χ1n) is 14.4. The van der Waals surface area contributed by atoms with Gasteiger partial charge >= 0.3 is 0 Å². The second kappa shape index (κ2) is 11.3. The van der Waals surface area contributed by atoms with Crippen LogP contribution in [0.2, 0.25) is 0 Å². The Morgan fingerprint density at radius 3 is 2.60 bits per heavy atom. The van der Waals surface area contributed by atoms with Crippen molar-refractivity contribution in [2.75, 3.05) is 19.3 Å². The smallest absolute Gasteiger partial charge is 0.254 e. The van der Waals surface area contributed by atoms with E-state index in [0.29, 0.717) is 46.3 Å². The van der Waals surface area contributed by atoms with E-state index >= 15 is 0 Å². The summed E-state index contributed by atoms with van der Waals surface area (Å²) in [5.41, 5.74) is 2.91. The van der Waals surface area contributed by atoms with Crippen molar-refractivity contribution in [2.45, 2.75) is 88.6 Å². The number of hydrogen-bond donors (Lipinski definition) is 2. The molecule has 2 aliphatic carbocycles. The number of carbonyl (C=O) groups excluding carboxylic acids is 1. The van der Waals surface area contributed by atoms with Gasteiger partial charge in [0.15, 0.2) is 0 Å².